The van der Waals surface area contributed by atoms with Gasteiger partial charge in [0.05, 0.1) is 13.0 Å². The maximum absolute atomic E-state index is 11.6. The SMILES string of the molecule is COCCC(=O)N1C[C@@H](N)C[C@@H]1C(=O)O. The molecule has 0 aliphatic carbocycles. The molecule has 1 amide bonds. The van der Waals surface area contributed by atoms with Gasteiger partial charge in [0.2, 0.25) is 5.91 Å². The van der Waals surface area contributed by atoms with Crippen molar-refractivity contribution in [1.29, 1.82) is 0 Å². The highest BCUT2D eigenvalue weighted by molar-refractivity contribution is 5.84. The third-order valence-electron chi connectivity index (χ3n) is 2.46. The summed E-state index contributed by atoms with van der Waals surface area (Å²) >= 11 is 0. The van der Waals surface area contributed by atoms with Crippen LogP contribution >= 0.6 is 0 Å². The lowest BCUT2D eigenvalue weighted by Crippen LogP contribution is -2.41. The first-order valence-electron chi connectivity index (χ1n) is 4.83. The Morgan fingerprint density at radius 1 is 1.60 bits per heavy atom. The molecule has 6 heteroatoms. The van der Waals surface area contributed by atoms with E-state index in [4.69, 9.17) is 15.6 Å². The van der Waals surface area contributed by atoms with Gasteiger partial charge >= 0.3 is 5.97 Å². The van der Waals surface area contributed by atoms with Crippen molar-refractivity contribution in [3.8, 4) is 0 Å². The Bertz CT molecular complexity index is 256. The molecule has 2 atom stereocenters. The quantitative estimate of drug-likeness (QED) is 0.631. The smallest absolute Gasteiger partial charge is 0.326 e. The standard InChI is InChI=1S/C9H16N2O4/c1-15-3-2-8(12)11-5-6(10)4-7(11)9(13)14/h6-7H,2-5,10H2,1H3,(H,13,14)/t6-,7+/m0/s1. The van der Waals surface area contributed by atoms with E-state index in [1.165, 1.54) is 12.0 Å². The molecule has 0 aromatic carbocycles. The van der Waals surface area contributed by atoms with E-state index in [1.807, 2.05) is 0 Å². The lowest BCUT2D eigenvalue weighted by atomic mass is 10.2. The number of nitrogens with two attached hydrogens (primary N) is 1. The predicted molar refractivity (Wildman–Crippen MR) is 52.2 cm³/mol. The molecule has 86 valence electrons. The van der Waals surface area contributed by atoms with E-state index in [2.05, 4.69) is 0 Å². The summed E-state index contributed by atoms with van der Waals surface area (Å²) in [7, 11) is 1.50. The molecule has 0 aromatic heterocycles. The number of carboxylic acids is 1. The summed E-state index contributed by atoms with van der Waals surface area (Å²) in [5.74, 6) is -1.20. The van der Waals surface area contributed by atoms with Gasteiger partial charge in [0.1, 0.15) is 6.04 Å². The van der Waals surface area contributed by atoms with Crippen molar-refractivity contribution in [2.45, 2.75) is 24.9 Å². The number of carboxylic acid groups (broad SMARTS) is 1. The molecule has 0 aromatic rings. The van der Waals surface area contributed by atoms with Gasteiger partial charge in [-0.2, -0.15) is 0 Å². The van der Waals surface area contributed by atoms with E-state index in [0.29, 0.717) is 19.6 Å². The number of rotatable bonds is 4. The zero-order valence-corrected chi connectivity index (χ0v) is 8.68. The predicted octanol–water partition coefficient (Wildman–Crippen LogP) is -0.964. The van der Waals surface area contributed by atoms with Gasteiger partial charge in [0.15, 0.2) is 0 Å². The van der Waals surface area contributed by atoms with Crippen LogP contribution in [0.2, 0.25) is 0 Å². The molecule has 1 heterocycles. The van der Waals surface area contributed by atoms with Gasteiger partial charge in [-0.15, -0.1) is 0 Å². The summed E-state index contributed by atoms with van der Waals surface area (Å²) < 4.78 is 4.77. The monoisotopic (exact) mass is 216 g/mol. The highest BCUT2D eigenvalue weighted by atomic mass is 16.5. The fourth-order valence-electron chi connectivity index (χ4n) is 1.71. The van der Waals surface area contributed by atoms with Gasteiger partial charge in [0.25, 0.3) is 0 Å². The summed E-state index contributed by atoms with van der Waals surface area (Å²) in [6.45, 7) is 0.621. The summed E-state index contributed by atoms with van der Waals surface area (Å²) in [6, 6.07) is -1.01. The van der Waals surface area contributed by atoms with Crippen LogP contribution in [0.3, 0.4) is 0 Å². The largest absolute Gasteiger partial charge is 0.480 e. The number of carbonyl (C=O) groups excluding carboxylic acids is 1. The van der Waals surface area contributed by atoms with Crippen LogP contribution in [0.15, 0.2) is 0 Å². The number of amides is 1. The fraction of sp³-hybridized carbons (Fsp3) is 0.778. The van der Waals surface area contributed by atoms with Crippen molar-refractivity contribution in [3.05, 3.63) is 0 Å². The van der Waals surface area contributed by atoms with E-state index in [-0.39, 0.29) is 18.4 Å². The molecule has 1 aliphatic heterocycles. The molecule has 0 spiro atoms. The van der Waals surface area contributed by atoms with Crippen LogP contribution in [0.4, 0.5) is 0 Å². The molecule has 1 fully saturated rings. The maximum atomic E-state index is 11.6. The van der Waals surface area contributed by atoms with Crippen LogP contribution in [-0.2, 0) is 14.3 Å². The molecule has 1 aliphatic rings. The van der Waals surface area contributed by atoms with Crippen LogP contribution < -0.4 is 5.73 Å². The van der Waals surface area contributed by atoms with Crippen molar-refractivity contribution in [2.24, 2.45) is 5.73 Å². The number of ether oxygens (including phenoxy) is 1. The van der Waals surface area contributed by atoms with Crippen molar-refractivity contribution in [1.82, 2.24) is 4.90 Å². The Labute approximate surface area is 88.0 Å². The van der Waals surface area contributed by atoms with Crippen molar-refractivity contribution >= 4 is 11.9 Å². The topological polar surface area (TPSA) is 92.9 Å². The molecule has 1 saturated heterocycles. The minimum atomic E-state index is -0.992. The van der Waals surface area contributed by atoms with Gasteiger partial charge in [-0.05, 0) is 6.42 Å². The Morgan fingerprint density at radius 3 is 2.80 bits per heavy atom. The average molecular weight is 216 g/mol. The van der Waals surface area contributed by atoms with E-state index >= 15 is 0 Å². The third-order valence-corrected chi connectivity index (χ3v) is 2.46. The van der Waals surface area contributed by atoms with Crippen molar-refractivity contribution in [3.63, 3.8) is 0 Å². The van der Waals surface area contributed by atoms with Crippen LogP contribution in [0.5, 0.6) is 0 Å². The number of hydrogen-bond acceptors (Lipinski definition) is 4. The first kappa shape index (κ1) is 11.9. The lowest BCUT2D eigenvalue weighted by Gasteiger charge is -2.20. The van der Waals surface area contributed by atoms with E-state index in [0.717, 1.165) is 0 Å². The van der Waals surface area contributed by atoms with Crippen molar-refractivity contribution < 1.29 is 19.4 Å². The molecule has 0 saturated carbocycles. The average Bonchev–Trinajstić information content (AvgIpc) is 2.57. The molecule has 0 bridgehead atoms. The summed E-state index contributed by atoms with van der Waals surface area (Å²) in [5, 5.41) is 8.90. The van der Waals surface area contributed by atoms with E-state index < -0.39 is 12.0 Å². The molecule has 1 rings (SSSR count). The van der Waals surface area contributed by atoms with Gasteiger partial charge in [-0.25, -0.2) is 4.79 Å². The number of aliphatic carboxylic acids is 1. The second kappa shape index (κ2) is 5.09. The number of likely N-dealkylation sites (tertiary alicyclic amines) is 1. The van der Waals surface area contributed by atoms with Crippen molar-refractivity contribution in [2.75, 3.05) is 20.3 Å². The van der Waals surface area contributed by atoms with Gasteiger partial charge < -0.3 is 20.5 Å². The summed E-state index contributed by atoms with van der Waals surface area (Å²) in [4.78, 5) is 23.8. The van der Waals surface area contributed by atoms with Crippen LogP contribution in [0, 0.1) is 0 Å². The second-order valence-electron chi connectivity index (χ2n) is 3.64. The maximum Gasteiger partial charge on any atom is 0.326 e. The van der Waals surface area contributed by atoms with Gasteiger partial charge in [0, 0.05) is 19.7 Å². The molecule has 15 heavy (non-hydrogen) atoms. The van der Waals surface area contributed by atoms with Crippen LogP contribution in [0.25, 0.3) is 0 Å². The number of methoxy groups -OCH3 is 1. The zero-order chi connectivity index (χ0) is 11.4. The minimum Gasteiger partial charge on any atom is -0.480 e. The molecule has 3 N–H and O–H groups in total. The lowest BCUT2D eigenvalue weighted by molar-refractivity contribution is -0.148. The fourth-order valence-corrected chi connectivity index (χ4v) is 1.71. The zero-order valence-electron chi connectivity index (χ0n) is 8.68. The molecular formula is C9H16N2O4. The summed E-state index contributed by atoms with van der Waals surface area (Å²) in [5.41, 5.74) is 5.63. The van der Waals surface area contributed by atoms with E-state index in [9.17, 15) is 9.59 Å². The Hall–Kier alpha value is -1.14. The highest BCUT2D eigenvalue weighted by Crippen LogP contribution is 2.17. The first-order chi connectivity index (χ1) is 7.06. The Morgan fingerprint density at radius 2 is 2.27 bits per heavy atom. The Kier molecular flexibility index (Phi) is 4.05. The Balaban J connectivity index is 2.58. The molecule has 0 radical (unpaired) electrons. The van der Waals surface area contributed by atoms with Crippen LogP contribution in [0.1, 0.15) is 12.8 Å². The molecule has 0 unspecified atom stereocenters. The second-order valence-corrected chi connectivity index (χ2v) is 3.64. The number of nitrogens with zero attached hydrogens (tertiary/aromatic N) is 1. The number of carbonyl (C=O) groups is 2. The van der Waals surface area contributed by atoms with Gasteiger partial charge in [-0.1, -0.05) is 0 Å². The third kappa shape index (κ3) is 2.90. The highest BCUT2D eigenvalue weighted by Gasteiger charge is 2.37. The number of hydrogen-bond donors (Lipinski definition) is 2. The minimum absolute atomic E-state index is 0.201. The normalized spacial score (nSPS) is 25.6. The molecular weight excluding hydrogens is 200 g/mol. The molecule has 6 nitrogen and oxygen atoms in total. The van der Waals surface area contributed by atoms with E-state index in [1.54, 1.807) is 0 Å². The van der Waals surface area contributed by atoms with Gasteiger partial charge in [-0.3, -0.25) is 4.79 Å². The summed E-state index contributed by atoms with van der Waals surface area (Å²) in [6.07, 6.45) is 0.529. The first-order valence-corrected chi connectivity index (χ1v) is 4.83. The van der Waals surface area contributed by atoms with Crippen LogP contribution in [-0.4, -0.2) is 54.2 Å².